The summed E-state index contributed by atoms with van der Waals surface area (Å²) in [5.41, 5.74) is 11.7. The van der Waals surface area contributed by atoms with Crippen LogP contribution in [0.25, 0.3) is 87.7 Å². The maximum Gasteiger partial charge on any atom is 0.235 e. The predicted octanol–water partition coefficient (Wildman–Crippen LogP) is 12.4. The van der Waals surface area contributed by atoms with E-state index in [9.17, 15) is 0 Å². The lowest BCUT2D eigenvalue weighted by Crippen LogP contribution is -2.90. The lowest BCUT2D eigenvalue weighted by molar-refractivity contribution is -0.586. The van der Waals surface area contributed by atoms with Crippen molar-refractivity contribution in [1.82, 2.24) is 9.13 Å². The van der Waals surface area contributed by atoms with Crippen molar-refractivity contribution in [2.75, 3.05) is 0 Å². The molecule has 13 rings (SSSR count). The first-order valence-corrected chi connectivity index (χ1v) is 20.8. The van der Waals surface area contributed by atoms with Gasteiger partial charge in [0.05, 0.1) is 27.6 Å². The number of amidine groups is 2. The molecule has 6 heteroatoms. The molecule has 286 valence electrons. The quantitative estimate of drug-likeness (QED) is 0.186. The Morgan fingerprint density at radius 3 is 1.79 bits per heavy atom. The summed E-state index contributed by atoms with van der Waals surface area (Å²) >= 11 is 0. The Morgan fingerprint density at radius 1 is 0.426 bits per heavy atom. The third-order valence-corrected chi connectivity index (χ3v) is 12.4. The van der Waals surface area contributed by atoms with Crippen LogP contribution in [0, 0.1) is 0 Å². The number of hydrogen-bond donors (Lipinski definition) is 1. The lowest BCUT2D eigenvalue weighted by atomic mass is 9.99. The normalized spacial score (nSPS) is 14.5. The van der Waals surface area contributed by atoms with Gasteiger partial charge in [-0.05, 0) is 77.5 Å². The molecule has 1 unspecified atom stereocenters. The second-order valence-electron chi connectivity index (χ2n) is 15.9. The minimum atomic E-state index is -0.278. The van der Waals surface area contributed by atoms with Crippen molar-refractivity contribution in [3.8, 4) is 11.4 Å². The molecule has 1 aliphatic rings. The topological polar surface area (TPSA) is 64.3 Å². The maximum atomic E-state index is 6.30. The zero-order valence-corrected chi connectivity index (χ0v) is 32.9. The number of nitrogens with two attached hydrogens (primary N) is 1. The summed E-state index contributed by atoms with van der Waals surface area (Å²) in [7, 11) is 0. The van der Waals surface area contributed by atoms with Crippen LogP contribution >= 0.6 is 0 Å². The number of furan rings is 1. The molecule has 0 saturated carbocycles. The Morgan fingerprint density at radius 2 is 1.03 bits per heavy atom. The molecule has 12 aromatic rings. The van der Waals surface area contributed by atoms with Crippen LogP contribution in [-0.4, -0.2) is 20.8 Å². The van der Waals surface area contributed by atoms with Crippen LogP contribution in [0.1, 0.15) is 22.9 Å². The van der Waals surface area contributed by atoms with Crippen LogP contribution in [0.5, 0.6) is 0 Å². The number of aliphatic imine (C=N–C) groups is 2. The molecule has 0 bridgehead atoms. The highest BCUT2D eigenvalue weighted by Crippen LogP contribution is 2.42. The predicted molar refractivity (Wildman–Crippen MR) is 251 cm³/mol. The summed E-state index contributed by atoms with van der Waals surface area (Å²) in [5, 5.41) is 11.6. The Hall–Kier alpha value is -8.06. The molecular formula is C55H36N5O+. The van der Waals surface area contributed by atoms with E-state index in [0.29, 0.717) is 5.84 Å². The van der Waals surface area contributed by atoms with Crippen LogP contribution in [0.15, 0.2) is 215 Å². The Labute approximate surface area is 349 Å². The highest BCUT2D eigenvalue weighted by atomic mass is 16.3. The van der Waals surface area contributed by atoms with E-state index in [1.807, 2.05) is 18.2 Å². The van der Waals surface area contributed by atoms with Crippen LogP contribution < -0.4 is 5.32 Å². The van der Waals surface area contributed by atoms with E-state index < -0.39 is 0 Å². The van der Waals surface area contributed by atoms with E-state index in [1.54, 1.807) is 0 Å². The van der Waals surface area contributed by atoms with Gasteiger partial charge in [-0.1, -0.05) is 133 Å². The number of rotatable bonds is 5. The van der Waals surface area contributed by atoms with E-state index in [4.69, 9.17) is 14.4 Å². The van der Waals surface area contributed by atoms with Crippen molar-refractivity contribution in [2.45, 2.75) is 6.17 Å². The monoisotopic (exact) mass is 782 g/mol. The molecule has 6 nitrogen and oxygen atoms in total. The maximum absolute atomic E-state index is 6.30. The number of quaternary nitrogens is 1. The molecule has 1 atom stereocenters. The number of benzene rings is 9. The average Bonchev–Trinajstić information content (AvgIpc) is 3.98. The van der Waals surface area contributed by atoms with Gasteiger partial charge in [0.15, 0.2) is 5.84 Å². The zero-order chi connectivity index (χ0) is 40.0. The number of nitrogens with zero attached hydrogens (tertiary/aromatic N) is 4. The summed E-state index contributed by atoms with van der Waals surface area (Å²) in [4.78, 5) is 10.8. The second-order valence-corrected chi connectivity index (χ2v) is 15.9. The summed E-state index contributed by atoms with van der Waals surface area (Å²) in [6.07, 6.45) is -0.278. The number of para-hydroxylation sites is 4. The molecule has 9 aromatic carbocycles. The molecular weight excluding hydrogens is 747 g/mol. The van der Waals surface area contributed by atoms with Crippen molar-refractivity contribution in [3.05, 3.63) is 217 Å². The van der Waals surface area contributed by atoms with Gasteiger partial charge in [-0.3, -0.25) is 5.32 Å². The van der Waals surface area contributed by atoms with Gasteiger partial charge in [-0.15, -0.1) is 0 Å². The highest BCUT2D eigenvalue weighted by molar-refractivity contribution is 6.24. The minimum Gasteiger partial charge on any atom is -0.456 e. The number of fused-ring (bicyclic) bond motifs is 11. The van der Waals surface area contributed by atoms with E-state index in [-0.39, 0.29) is 6.17 Å². The van der Waals surface area contributed by atoms with Crippen molar-refractivity contribution >= 4 is 88.0 Å². The first-order chi connectivity index (χ1) is 30.2. The fourth-order valence-electron chi connectivity index (χ4n) is 9.74. The third kappa shape index (κ3) is 5.19. The molecule has 0 saturated heterocycles. The standard InChI is InChI=1S/C55H35N5O/c1-3-15-34(16-4-1)53-56-54(58-55(57-53)44-25-14-17-35-32-50-46(33-45(35)44)41-24-9-12-28-49(41)61-50)36-18-13-21-38(31-36)60-48-27-11-8-23-40(48)43-30-29-42-39-22-7-10-26-47(39)59(51(42)52(43)60)37-19-5-2-6-20-37/h1-33,55H,(H,56,57,58)/p+1. The minimum absolute atomic E-state index is 0.278. The molecule has 4 heterocycles. The van der Waals surface area contributed by atoms with Gasteiger partial charge in [0, 0.05) is 54.8 Å². The van der Waals surface area contributed by atoms with Crippen LogP contribution in [0.4, 0.5) is 0 Å². The molecule has 3 aromatic heterocycles. The van der Waals surface area contributed by atoms with Gasteiger partial charge < -0.3 is 13.6 Å². The highest BCUT2D eigenvalue weighted by Gasteiger charge is 2.28. The van der Waals surface area contributed by atoms with E-state index in [1.165, 1.54) is 32.6 Å². The van der Waals surface area contributed by atoms with Crippen molar-refractivity contribution < 1.29 is 9.73 Å². The molecule has 0 aliphatic carbocycles. The summed E-state index contributed by atoms with van der Waals surface area (Å²) < 4.78 is 11.2. The molecule has 1 aliphatic heterocycles. The smallest absolute Gasteiger partial charge is 0.235 e. The van der Waals surface area contributed by atoms with E-state index >= 15 is 0 Å². The van der Waals surface area contributed by atoms with Crippen LogP contribution in [0.2, 0.25) is 0 Å². The van der Waals surface area contributed by atoms with E-state index in [2.05, 4.69) is 196 Å². The number of hydrogen-bond acceptors (Lipinski definition) is 3. The molecule has 2 N–H and O–H groups in total. The van der Waals surface area contributed by atoms with Crippen LogP contribution in [-0.2, 0) is 0 Å². The first-order valence-electron chi connectivity index (χ1n) is 20.8. The van der Waals surface area contributed by atoms with Gasteiger partial charge in [-0.25, -0.2) is 4.99 Å². The van der Waals surface area contributed by atoms with Crippen molar-refractivity contribution in [2.24, 2.45) is 9.98 Å². The van der Waals surface area contributed by atoms with Gasteiger partial charge in [0.2, 0.25) is 12.0 Å². The number of aromatic nitrogens is 2. The third-order valence-electron chi connectivity index (χ3n) is 12.4. The first kappa shape index (κ1) is 33.9. The van der Waals surface area contributed by atoms with Gasteiger partial charge in [-0.2, -0.15) is 4.99 Å². The zero-order valence-electron chi connectivity index (χ0n) is 32.9. The molecule has 0 spiro atoms. The van der Waals surface area contributed by atoms with Crippen LogP contribution in [0.3, 0.4) is 0 Å². The Balaban J connectivity index is 1.04. The van der Waals surface area contributed by atoms with Crippen molar-refractivity contribution in [1.29, 1.82) is 0 Å². The molecule has 0 fully saturated rings. The fourth-order valence-corrected chi connectivity index (χ4v) is 9.74. The van der Waals surface area contributed by atoms with Crippen molar-refractivity contribution in [3.63, 3.8) is 0 Å². The fraction of sp³-hybridized carbons (Fsp3) is 0.0182. The lowest BCUT2D eigenvalue weighted by Gasteiger charge is -2.20. The molecule has 0 amide bonds. The van der Waals surface area contributed by atoms with E-state index in [0.717, 1.165) is 77.6 Å². The molecule has 0 radical (unpaired) electrons. The Kier molecular flexibility index (Phi) is 7.34. The second kappa shape index (κ2) is 13.2. The SMILES string of the molecule is c1ccc(C2=NC(c3cccc(-n4c5ccccc5c5ccc6c7ccccc7n(-c7ccccc7)c6c54)c3)=NC(c3cccc4cc5oc6ccccc6c5cc34)[NH2+]2)cc1. The summed E-state index contributed by atoms with van der Waals surface area (Å²) in [6, 6.07) is 71.2. The molecule has 61 heavy (non-hydrogen) atoms. The van der Waals surface area contributed by atoms with Gasteiger partial charge in [0.25, 0.3) is 0 Å². The summed E-state index contributed by atoms with van der Waals surface area (Å²) in [5.74, 6) is 1.60. The Bertz CT molecular complexity index is 3800. The van der Waals surface area contributed by atoms with Gasteiger partial charge in [0.1, 0.15) is 11.2 Å². The average molecular weight is 783 g/mol. The summed E-state index contributed by atoms with van der Waals surface area (Å²) in [6.45, 7) is 0. The largest absolute Gasteiger partial charge is 0.456 e. The van der Waals surface area contributed by atoms with Gasteiger partial charge >= 0.3 is 0 Å².